The number of aromatic nitrogens is 2. The van der Waals surface area contributed by atoms with Gasteiger partial charge in [0.2, 0.25) is 0 Å². The van der Waals surface area contributed by atoms with E-state index in [1.807, 2.05) is 0 Å². The van der Waals surface area contributed by atoms with Crippen LogP contribution in [0.3, 0.4) is 0 Å². The molecule has 0 radical (unpaired) electrons. The Kier molecular flexibility index (Phi) is 4.47. The van der Waals surface area contributed by atoms with E-state index in [9.17, 15) is 13.5 Å². The number of halogens is 1. The van der Waals surface area contributed by atoms with Gasteiger partial charge in [0.1, 0.15) is 15.0 Å². The van der Waals surface area contributed by atoms with Crippen LogP contribution in [0.5, 0.6) is 0 Å². The Hall–Kier alpha value is -0.590. The third-order valence-corrected chi connectivity index (χ3v) is 6.30. The van der Waals surface area contributed by atoms with Gasteiger partial charge in [0.05, 0.1) is 17.0 Å². The van der Waals surface area contributed by atoms with Crippen molar-refractivity contribution in [2.75, 3.05) is 6.26 Å². The molecule has 1 aromatic rings. The molecule has 3 unspecified atom stereocenters. The third-order valence-electron chi connectivity index (χ3n) is 4.21. The molecule has 1 aliphatic rings. The number of aryl methyl sites for hydroxylation is 2. The van der Waals surface area contributed by atoms with E-state index in [2.05, 4.69) is 5.10 Å². The van der Waals surface area contributed by atoms with Crippen molar-refractivity contribution >= 4 is 21.4 Å². The zero-order valence-electron chi connectivity index (χ0n) is 12.0. The smallest absolute Gasteiger partial charge is 0.150 e. The van der Waals surface area contributed by atoms with Crippen LogP contribution in [-0.2, 0) is 16.9 Å². The summed E-state index contributed by atoms with van der Waals surface area (Å²) < 4.78 is 24.9. The lowest BCUT2D eigenvalue weighted by atomic mass is 9.82. The summed E-state index contributed by atoms with van der Waals surface area (Å²) in [6.45, 7) is 1.81. The van der Waals surface area contributed by atoms with Gasteiger partial charge < -0.3 is 5.11 Å². The number of hydrogen-bond acceptors (Lipinski definition) is 4. The molecule has 1 saturated carbocycles. The molecule has 0 amide bonds. The average Bonchev–Trinajstić information content (AvgIpc) is 2.62. The molecule has 1 N–H and O–H groups in total. The number of sulfone groups is 1. The topological polar surface area (TPSA) is 72.2 Å². The molecule has 0 saturated heterocycles. The average molecular weight is 321 g/mol. The first-order chi connectivity index (χ1) is 9.21. The molecule has 3 atom stereocenters. The van der Waals surface area contributed by atoms with Gasteiger partial charge in [-0.05, 0) is 32.1 Å². The van der Waals surface area contributed by atoms with Crippen LogP contribution in [0.4, 0.5) is 0 Å². The van der Waals surface area contributed by atoms with E-state index in [0.717, 1.165) is 12.8 Å². The molecular weight excluding hydrogens is 300 g/mol. The number of rotatable bonds is 3. The van der Waals surface area contributed by atoms with E-state index in [1.165, 1.54) is 10.9 Å². The van der Waals surface area contributed by atoms with Crippen molar-refractivity contribution in [3.05, 3.63) is 16.4 Å². The molecule has 0 spiro atoms. The predicted molar refractivity (Wildman–Crippen MR) is 78.5 cm³/mol. The fraction of sp³-hybridized carbons (Fsp3) is 0.769. The summed E-state index contributed by atoms with van der Waals surface area (Å²) in [6, 6.07) is 0. The van der Waals surface area contributed by atoms with Gasteiger partial charge in [0, 0.05) is 18.9 Å². The molecule has 1 fully saturated rings. The van der Waals surface area contributed by atoms with E-state index < -0.39 is 15.9 Å². The number of aliphatic hydroxyl groups excluding tert-OH is 1. The van der Waals surface area contributed by atoms with Crippen molar-refractivity contribution in [2.24, 2.45) is 13.0 Å². The lowest BCUT2D eigenvalue weighted by molar-refractivity contribution is 0.0852. The molecule has 2 rings (SSSR count). The van der Waals surface area contributed by atoms with Crippen LogP contribution >= 0.6 is 11.6 Å². The Labute approximate surface area is 124 Å². The zero-order chi connectivity index (χ0) is 15.1. The Morgan fingerprint density at radius 1 is 1.45 bits per heavy atom. The highest BCUT2D eigenvalue weighted by Crippen LogP contribution is 2.39. The molecule has 0 aliphatic heterocycles. The minimum Gasteiger partial charge on any atom is -0.388 e. The predicted octanol–water partition coefficient (Wildman–Crippen LogP) is 2.02. The van der Waals surface area contributed by atoms with Crippen molar-refractivity contribution in [1.29, 1.82) is 0 Å². The van der Waals surface area contributed by atoms with Crippen LogP contribution < -0.4 is 0 Å². The maximum Gasteiger partial charge on any atom is 0.150 e. The summed E-state index contributed by atoms with van der Waals surface area (Å²) in [5.41, 5.74) is 1.33. The second kappa shape index (κ2) is 5.66. The van der Waals surface area contributed by atoms with Crippen LogP contribution in [0.25, 0.3) is 0 Å². The summed E-state index contributed by atoms with van der Waals surface area (Å²) in [4.78, 5) is 0. The molecule has 20 heavy (non-hydrogen) atoms. The quantitative estimate of drug-likeness (QED) is 0.924. The lowest BCUT2D eigenvalue weighted by Gasteiger charge is -2.31. The number of nitrogens with zero attached hydrogens (tertiary/aromatic N) is 2. The summed E-state index contributed by atoms with van der Waals surface area (Å²) in [6.07, 6.45) is 3.33. The highest BCUT2D eigenvalue weighted by molar-refractivity contribution is 7.91. The Bertz CT molecular complexity index is 597. The van der Waals surface area contributed by atoms with Crippen molar-refractivity contribution < 1.29 is 13.5 Å². The Morgan fingerprint density at radius 2 is 2.10 bits per heavy atom. The summed E-state index contributed by atoms with van der Waals surface area (Å²) in [5, 5.41) is 14.8. The van der Waals surface area contributed by atoms with Gasteiger partial charge in [0.15, 0.2) is 0 Å². The molecular formula is C13H21ClN2O3S. The van der Waals surface area contributed by atoms with Gasteiger partial charge in [-0.15, -0.1) is 0 Å². The maximum absolute atomic E-state index is 11.7. The van der Waals surface area contributed by atoms with Gasteiger partial charge >= 0.3 is 0 Å². The summed E-state index contributed by atoms with van der Waals surface area (Å²) in [7, 11) is -1.33. The van der Waals surface area contributed by atoms with E-state index in [4.69, 9.17) is 11.6 Å². The largest absolute Gasteiger partial charge is 0.388 e. The summed E-state index contributed by atoms with van der Waals surface area (Å²) in [5.74, 6) is -0.0797. The van der Waals surface area contributed by atoms with Crippen LogP contribution in [0, 0.1) is 12.8 Å². The van der Waals surface area contributed by atoms with E-state index in [-0.39, 0.29) is 11.2 Å². The van der Waals surface area contributed by atoms with Crippen LogP contribution in [-0.4, -0.2) is 34.8 Å². The normalized spacial score (nSPS) is 25.6. The highest BCUT2D eigenvalue weighted by atomic mass is 35.5. The van der Waals surface area contributed by atoms with Gasteiger partial charge in [-0.3, -0.25) is 4.68 Å². The molecule has 0 bridgehead atoms. The van der Waals surface area contributed by atoms with Crippen LogP contribution in [0.1, 0.15) is 43.0 Å². The van der Waals surface area contributed by atoms with Crippen molar-refractivity contribution in [3.63, 3.8) is 0 Å². The minimum atomic E-state index is -3.05. The first-order valence-corrected chi connectivity index (χ1v) is 9.11. The molecule has 1 aliphatic carbocycles. The minimum absolute atomic E-state index is 0.0797. The molecule has 7 heteroatoms. The molecule has 0 aromatic carbocycles. The fourth-order valence-corrected chi connectivity index (χ4v) is 4.55. The van der Waals surface area contributed by atoms with E-state index in [1.54, 1.807) is 14.0 Å². The highest BCUT2D eigenvalue weighted by Gasteiger charge is 2.35. The van der Waals surface area contributed by atoms with Crippen molar-refractivity contribution in [2.45, 2.75) is 44.0 Å². The Balaban J connectivity index is 2.23. The van der Waals surface area contributed by atoms with Gasteiger partial charge in [0.25, 0.3) is 0 Å². The van der Waals surface area contributed by atoms with Gasteiger partial charge in [-0.25, -0.2) is 8.42 Å². The lowest BCUT2D eigenvalue weighted by Crippen LogP contribution is -2.30. The molecule has 5 nitrogen and oxygen atoms in total. The van der Waals surface area contributed by atoms with Crippen molar-refractivity contribution in [1.82, 2.24) is 9.78 Å². The van der Waals surface area contributed by atoms with Gasteiger partial charge in [-0.1, -0.05) is 18.0 Å². The third kappa shape index (κ3) is 3.02. The molecule has 1 heterocycles. The molecule has 1 aromatic heterocycles. The maximum atomic E-state index is 11.7. The number of aliphatic hydroxyl groups is 1. The van der Waals surface area contributed by atoms with E-state index >= 15 is 0 Å². The fourth-order valence-electron chi connectivity index (χ4n) is 3.07. The Morgan fingerprint density at radius 3 is 2.60 bits per heavy atom. The standard InChI is InChI=1S/C13H21ClN2O3S/c1-8-11(13(14)16(2)15-8)12(17)9-5-4-6-10(7-9)20(3,18)19/h9-10,12,17H,4-7H2,1-3H3. The van der Waals surface area contributed by atoms with Crippen LogP contribution in [0.15, 0.2) is 0 Å². The van der Waals surface area contributed by atoms with Crippen LogP contribution in [0.2, 0.25) is 5.15 Å². The second-order valence-corrected chi connectivity index (χ2v) is 8.42. The zero-order valence-corrected chi connectivity index (χ0v) is 13.6. The SMILES string of the molecule is Cc1nn(C)c(Cl)c1C(O)C1CCCC(S(C)(=O)=O)C1. The monoisotopic (exact) mass is 320 g/mol. The second-order valence-electron chi connectivity index (χ2n) is 5.74. The van der Waals surface area contributed by atoms with Gasteiger partial charge in [-0.2, -0.15) is 5.10 Å². The number of hydrogen-bond donors (Lipinski definition) is 1. The summed E-state index contributed by atoms with van der Waals surface area (Å²) >= 11 is 6.18. The first-order valence-electron chi connectivity index (χ1n) is 6.77. The van der Waals surface area contributed by atoms with Crippen molar-refractivity contribution in [3.8, 4) is 0 Å². The molecule has 114 valence electrons. The first kappa shape index (κ1) is 15.8. The van der Waals surface area contributed by atoms with E-state index in [0.29, 0.717) is 29.3 Å².